The fourth-order valence-electron chi connectivity index (χ4n) is 4.26. The summed E-state index contributed by atoms with van der Waals surface area (Å²) in [6, 6.07) is 24.5. The molecule has 172 valence electrons. The molecule has 1 aliphatic rings. The first kappa shape index (κ1) is 21.7. The van der Waals surface area contributed by atoms with Crippen LogP contribution < -0.4 is 9.64 Å². The molecule has 5 rings (SSSR count). The van der Waals surface area contributed by atoms with E-state index in [0.29, 0.717) is 17.0 Å². The van der Waals surface area contributed by atoms with E-state index in [1.54, 1.807) is 12.1 Å². The molecule has 6 nitrogen and oxygen atoms in total. The van der Waals surface area contributed by atoms with Crippen LogP contribution in [-0.2, 0) is 4.74 Å². The smallest absolute Gasteiger partial charge is 0.415 e. The normalized spacial score (nSPS) is 18.6. The van der Waals surface area contributed by atoms with Gasteiger partial charge in [0.25, 0.3) is 0 Å². The molecule has 1 fully saturated rings. The highest BCUT2D eigenvalue weighted by Gasteiger charge is 2.47. The molecule has 2 N–H and O–H groups in total. The lowest BCUT2D eigenvalue weighted by molar-refractivity contribution is -0.00618. The quantitative estimate of drug-likeness (QED) is 0.415. The highest BCUT2D eigenvalue weighted by atomic mass is 19.1. The summed E-state index contributed by atoms with van der Waals surface area (Å²) in [6.45, 7) is -0.113. The van der Waals surface area contributed by atoms with Gasteiger partial charge in [0, 0.05) is 11.1 Å². The van der Waals surface area contributed by atoms with Crippen LogP contribution in [-0.4, -0.2) is 35.1 Å². The number of amides is 1. The van der Waals surface area contributed by atoms with E-state index in [-0.39, 0.29) is 12.4 Å². The van der Waals surface area contributed by atoms with Crippen molar-refractivity contribution in [3.05, 3.63) is 102 Å². The summed E-state index contributed by atoms with van der Waals surface area (Å²) < 4.78 is 25.0. The first-order valence-corrected chi connectivity index (χ1v) is 10.8. The number of benzene rings is 4. The standard InChI is InChI=1S/C27H22FNO5/c28-19-10-12-20(13-11-19)29-25(18-8-14-21(30)15-9-18)26(34-27(29)32)23(31)16-33-24-7-3-5-17-4-1-2-6-22(17)24/h1-15,23,25-26,30-31H,16H2. The van der Waals surface area contributed by atoms with Crippen LogP contribution in [0, 0.1) is 5.82 Å². The molecule has 1 heterocycles. The number of aliphatic hydroxyl groups is 1. The van der Waals surface area contributed by atoms with Gasteiger partial charge in [-0.1, -0.05) is 48.5 Å². The fraction of sp³-hybridized carbons (Fsp3) is 0.148. The predicted octanol–water partition coefficient (Wildman–Crippen LogP) is 5.19. The number of aliphatic hydroxyl groups excluding tert-OH is 1. The Hall–Kier alpha value is -4.10. The lowest BCUT2D eigenvalue weighted by Crippen LogP contribution is -2.38. The number of halogens is 1. The van der Waals surface area contributed by atoms with Gasteiger partial charge in [-0.05, 0) is 53.4 Å². The molecular formula is C27H22FNO5. The molecule has 1 saturated heterocycles. The third-order valence-corrected chi connectivity index (χ3v) is 5.90. The van der Waals surface area contributed by atoms with Crippen molar-refractivity contribution in [1.82, 2.24) is 0 Å². The molecule has 0 aliphatic carbocycles. The predicted molar refractivity (Wildman–Crippen MR) is 125 cm³/mol. The molecule has 34 heavy (non-hydrogen) atoms. The Labute approximate surface area is 195 Å². The fourth-order valence-corrected chi connectivity index (χ4v) is 4.26. The summed E-state index contributed by atoms with van der Waals surface area (Å²) in [6.07, 6.45) is -2.79. The third-order valence-electron chi connectivity index (χ3n) is 5.90. The van der Waals surface area contributed by atoms with Crippen LogP contribution in [0.25, 0.3) is 10.8 Å². The second kappa shape index (κ2) is 9.03. The Bertz CT molecular complexity index is 1300. The van der Waals surface area contributed by atoms with Crippen molar-refractivity contribution in [2.75, 3.05) is 11.5 Å². The van der Waals surface area contributed by atoms with Gasteiger partial charge in [0.1, 0.15) is 36.1 Å². The summed E-state index contributed by atoms with van der Waals surface area (Å²) in [5.41, 5.74) is 1.07. The number of hydrogen-bond donors (Lipinski definition) is 2. The lowest BCUT2D eigenvalue weighted by atomic mass is 9.96. The monoisotopic (exact) mass is 459 g/mol. The summed E-state index contributed by atoms with van der Waals surface area (Å²) >= 11 is 0. The van der Waals surface area contributed by atoms with E-state index in [4.69, 9.17) is 9.47 Å². The van der Waals surface area contributed by atoms with E-state index in [0.717, 1.165) is 10.8 Å². The lowest BCUT2D eigenvalue weighted by Gasteiger charge is -2.27. The van der Waals surface area contributed by atoms with E-state index in [9.17, 15) is 19.4 Å². The molecule has 0 radical (unpaired) electrons. The van der Waals surface area contributed by atoms with Gasteiger partial charge < -0.3 is 19.7 Å². The van der Waals surface area contributed by atoms with Gasteiger partial charge in [0.2, 0.25) is 0 Å². The van der Waals surface area contributed by atoms with Gasteiger partial charge in [0.15, 0.2) is 6.10 Å². The maximum Gasteiger partial charge on any atom is 0.415 e. The number of hydrogen-bond acceptors (Lipinski definition) is 5. The number of ether oxygens (including phenoxy) is 2. The van der Waals surface area contributed by atoms with Crippen molar-refractivity contribution in [2.24, 2.45) is 0 Å². The van der Waals surface area contributed by atoms with Crippen LogP contribution >= 0.6 is 0 Å². The number of phenols is 1. The third kappa shape index (κ3) is 4.13. The average molecular weight is 459 g/mol. The molecule has 4 aromatic rings. The Morgan fingerprint density at radius 1 is 0.941 bits per heavy atom. The molecule has 4 aromatic carbocycles. The minimum absolute atomic E-state index is 0.0683. The Morgan fingerprint density at radius 3 is 2.41 bits per heavy atom. The topological polar surface area (TPSA) is 79.2 Å². The van der Waals surface area contributed by atoms with Crippen molar-refractivity contribution in [1.29, 1.82) is 0 Å². The molecule has 3 atom stereocenters. The molecule has 1 amide bonds. The van der Waals surface area contributed by atoms with Crippen LogP contribution in [0.2, 0.25) is 0 Å². The maximum atomic E-state index is 13.5. The van der Waals surface area contributed by atoms with Crippen LogP contribution in [0.4, 0.5) is 14.9 Å². The highest BCUT2D eigenvalue weighted by molar-refractivity contribution is 5.91. The van der Waals surface area contributed by atoms with Crippen molar-refractivity contribution < 1.29 is 28.9 Å². The highest BCUT2D eigenvalue weighted by Crippen LogP contribution is 2.39. The van der Waals surface area contributed by atoms with Crippen LogP contribution in [0.15, 0.2) is 91.0 Å². The molecule has 1 aliphatic heterocycles. The van der Waals surface area contributed by atoms with Gasteiger partial charge >= 0.3 is 6.09 Å². The van der Waals surface area contributed by atoms with E-state index in [1.807, 2.05) is 42.5 Å². The molecule has 0 saturated carbocycles. The van der Waals surface area contributed by atoms with E-state index in [1.165, 1.54) is 41.3 Å². The number of phenolic OH excluding ortho intramolecular Hbond substituents is 1. The van der Waals surface area contributed by atoms with Gasteiger partial charge in [-0.2, -0.15) is 0 Å². The van der Waals surface area contributed by atoms with Gasteiger partial charge in [-0.3, -0.25) is 4.90 Å². The van der Waals surface area contributed by atoms with E-state index < -0.39 is 30.2 Å². The zero-order chi connectivity index (χ0) is 23.7. The summed E-state index contributed by atoms with van der Waals surface area (Å²) in [4.78, 5) is 14.3. The second-order valence-electron chi connectivity index (χ2n) is 8.09. The van der Waals surface area contributed by atoms with Gasteiger partial charge in [0.05, 0.1) is 0 Å². The second-order valence-corrected chi connectivity index (χ2v) is 8.09. The minimum Gasteiger partial charge on any atom is -0.508 e. The molecule has 0 aromatic heterocycles. The average Bonchev–Trinajstić information content (AvgIpc) is 3.20. The van der Waals surface area contributed by atoms with Crippen LogP contribution in [0.3, 0.4) is 0 Å². The SMILES string of the molecule is O=C1OC(C(O)COc2cccc3ccccc23)C(c2ccc(O)cc2)N1c1ccc(F)cc1. The minimum atomic E-state index is -1.16. The van der Waals surface area contributed by atoms with Crippen LogP contribution in [0.5, 0.6) is 11.5 Å². The molecule has 0 spiro atoms. The Balaban J connectivity index is 1.44. The van der Waals surface area contributed by atoms with E-state index in [2.05, 4.69) is 0 Å². The summed E-state index contributed by atoms with van der Waals surface area (Å²) in [5, 5.41) is 22.7. The number of carbonyl (C=O) groups excluding carboxylic acids is 1. The van der Waals surface area contributed by atoms with Gasteiger partial charge in [-0.25, -0.2) is 9.18 Å². The molecule has 7 heteroatoms. The van der Waals surface area contributed by atoms with E-state index >= 15 is 0 Å². The first-order valence-electron chi connectivity index (χ1n) is 10.8. The number of anilines is 1. The molecule has 0 bridgehead atoms. The number of cyclic esters (lactones) is 1. The summed E-state index contributed by atoms with van der Waals surface area (Å²) in [5.74, 6) is 0.245. The summed E-state index contributed by atoms with van der Waals surface area (Å²) in [7, 11) is 0. The van der Waals surface area contributed by atoms with Crippen molar-refractivity contribution in [2.45, 2.75) is 18.2 Å². The number of carbonyl (C=O) groups is 1. The number of fused-ring (bicyclic) bond motifs is 1. The van der Waals surface area contributed by atoms with Crippen molar-refractivity contribution in [3.63, 3.8) is 0 Å². The zero-order valence-electron chi connectivity index (χ0n) is 18.0. The van der Waals surface area contributed by atoms with Gasteiger partial charge in [-0.15, -0.1) is 0 Å². The largest absolute Gasteiger partial charge is 0.508 e. The van der Waals surface area contributed by atoms with Crippen molar-refractivity contribution in [3.8, 4) is 11.5 Å². The first-order chi connectivity index (χ1) is 16.5. The number of rotatable bonds is 6. The Morgan fingerprint density at radius 2 is 1.65 bits per heavy atom. The van der Waals surface area contributed by atoms with Crippen molar-refractivity contribution >= 4 is 22.6 Å². The number of nitrogens with zero attached hydrogens (tertiary/aromatic N) is 1. The molecule has 3 unspecified atom stereocenters. The van der Waals surface area contributed by atoms with Crippen LogP contribution in [0.1, 0.15) is 11.6 Å². The Kier molecular flexibility index (Phi) is 5.77. The zero-order valence-corrected chi connectivity index (χ0v) is 18.0. The maximum absolute atomic E-state index is 13.5. The number of aromatic hydroxyl groups is 1. The molecular weight excluding hydrogens is 437 g/mol.